The number of carbonyl (C=O) groups excluding carboxylic acids is 1. The molecule has 0 aliphatic heterocycles. The van der Waals surface area contributed by atoms with Crippen molar-refractivity contribution in [2.75, 3.05) is 7.05 Å². The molecule has 0 spiro atoms. The average Bonchev–Trinajstić information content (AvgIpc) is 3.00. The first-order valence-corrected chi connectivity index (χ1v) is 9.53. The predicted molar refractivity (Wildman–Crippen MR) is 96.7 cm³/mol. The van der Waals surface area contributed by atoms with Crippen LogP contribution in [0.1, 0.15) is 28.6 Å². The SMILES string of the molecule is CCc1oc2ccccc2c1C(=O)c1ccc(Cl)c(S(=O)(=O)NC)c1. The molecule has 0 saturated carbocycles. The summed E-state index contributed by atoms with van der Waals surface area (Å²) in [6.45, 7) is 1.90. The molecule has 0 aliphatic rings. The van der Waals surface area contributed by atoms with Gasteiger partial charge in [0.15, 0.2) is 5.78 Å². The largest absolute Gasteiger partial charge is 0.460 e. The second kappa shape index (κ2) is 6.63. The van der Waals surface area contributed by atoms with E-state index in [1.54, 1.807) is 6.07 Å². The Morgan fingerprint density at radius 2 is 1.92 bits per heavy atom. The second-order valence-corrected chi connectivity index (χ2v) is 7.69. The number of para-hydroxylation sites is 1. The number of aryl methyl sites for hydroxylation is 1. The summed E-state index contributed by atoms with van der Waals surface area (Å²) < 4.78 is 32.2. The van der Waals surface area contributed by atoms with Crippen LogP contribution in [0, 0.1) is 0 Å². The van der Waals surface area contributed by atoms with Gasteiger partial charge in [-0.05, 0) is 31.3 Å². The maximum Gasteiger partial charge on any atom is 0.241 e. The minimum Gasteiger partial charge on any atom is -0.460 e. The van der Waals surface area contributed by atoms with Gasteiger partial charge in [0.25, 0.3) is 0 Å². The Bertz CT molecular complexity index is 1070. The molecule has 1 N–H and O–H groups in total. The Kier molecular flexibility index (Phi) is 4.69. The van der Waals surface area contributed by atoms with Gasteiger partial charge in [0.2, 0.25) is 10.0 Å². The van der Waals surface area contributed by atoms with Crippen molar-refractivity contribution in [3.05, 3.63) is 64.4 Å². The third kappa shape index (κ3) is 3.08. The molecule has 3 rings (SSSR count). The Hall–Kier alpha value is -2.15. The number of benzene rings is 2. The summed E-state index contributed by atoms with van der Waals surface area (Å²) in [6.07, 6.45) is 0.547. The number of furan rings is 1. The molecule has 7 heteroatoms. The fourth-order valence-corrected chi connectivity index (χ4v) is 3.95. The Balaban J connectivity index is 2.19. The molecule has 0 bridgehead atoms. The zero-order valence-electron chi connectivity index (χ0n) is 13.7. The maximum atomic E-state index is 13.1. The molecule has 1 aromatic heterocycles. The van der Waals surface area contributed by atoms with E-state index in [1.165, 1.54) is 25.2 Å². The number of hydrogen-bond donors (Lipinski definition) is 1. The number of rotatable bonds is 5. The maximum absolute atomic E-state index is 13.1. The molecule has 25 heavy (non-hydrogen) atoms. The molecular weight excluding hydrogens is 362 g/mol. The van der Waals surface area contributed by atoms with Crippen molar-refractivity contribution in [2.45, 2.75) is 18.2 Å². The molecule has 3 aromatic rings. The van der Waals surface area contributed by atoms with Crippen molar-refractivity contribution >= 4 is 38.4 Å². The van der Waals surface area contributed by atoms with Crippen LogP contribution in [0.2, 0.25) is 5.02 Å². The molecule has 130 valence electrons. The van der Waals surface area contributed by atoms with Gasteiger partial charge in [-0.1, -0.05) is 36.7 Å². The van der Waals surface area contributed by atoms with E-state index in [0.29, 0.717) is 28.7 Å². The summed E-state index contributed by atoms with van der Waals surface area (Å²) in [5.74, 6) is 0.269. The molecule has 1 heterocycles. The van der Waals surface area contributed by atoms with E-state index in [1.807, 2.05) is 25.1 Å². The zero-order chi connectivity index (χ0) is 18.2. The number of carbonyl (C=O) groups is 1. The van der Waals surface area contributed by atoms with Crippen molar-refractivity contribution in [1.29, 1.82) is 0 Å². The molecule has 0 atom stereocenters. The van der Waals surface area contributed by atoms with Gasteiger partial charge in [0.1, 0.15) is 16.2 Å². The summed E-state index contributed by atoms with van der Waals surface area (Å²) in [4.78, 5) is 12.9. The Labute approximate surface area is 150 Å². The van der Waals surface area contributed by atoms with Crippen molar-refractivity contribution in [1.82, 2.24) is 4.72 Å². The van der Waals surface area contributed by atoms with Crippen molar-refractivity contribution < 1.29 is 17.6 Å². The average molecular weight is 378 g/mol. The van der Waals surface area contributed by atoms with Gasteiger partial charge in [-0.15, -0.1) is 0 Å². The molecular formula is C18H16ClNO4S. The van der Waals surface area contributed by atoms with E-state index in [9.17, 15) is 13.2 Å². The Morgan fingerprint density at radius 1 is 1.20 bits per heavy atom. The molecule has 0 saturated heterocycles. The first kappa shape index (κ1) is 17.7. The third-order valence-electron chi connectivity index (χ3n) is 3.97. The number of fused-ring (bicyclic) bond motifs is 1. The highest BCUT2D eigenvalue weighted by Gasteiger charge is 2.23. The summed E-state index contributed by atoms with van der Waals surface area (Å²) in [5, 5.41) is 0.760. The first-order valence-electron chi connectivity index (χ1n) is 7.67. The highest BCUT2D eigenvalue weighted by molar-refractivity contribution is 7.89. The van der Waals surface area contributed by atoms with Crippen LogP contribution in [0.15, 0.2) is 51.8 Å². The number of sulfonamides is 1. The predicted octanol–water partition coefficient (Wildman–Crippen LogP) is 3.79. The third-order valence-corrected chi connectivity index (χ3v) is 5.86. The molecule has 2 aromatic carbocycles. The van der Waals surface area contributed by atoms with Crippen LogP contribution < -0.4 is 4.72 Å². The lowest BCUT2D eigenvalue weighted by molar-refractivity contribution is 0.103. The lowest BCUT2D eigenvalue weighted by atomic mass is 9.99. The van der Waals surface area contributed by atoms with Gasteiger partial charge in [0, 0.05) is 17.4 Å². The number of hydrogen-bond acceptors (Lipinski definition) is 4. The summed E-state index contributed by atoms with van der Waals surface area (Å²) in [5.41, 5.74) is 1.31. The summed E-state index contributed by atoms with van der Waals surface area (Å²) >= 11 is 5.99. The van der Waals surface area contributed by atoms with E-state index in [2.05, 4.69) is 4.72 Å². The second-order valence-electron chi connectivity index (χ2n) is 5.43. The van der Waals surface area contributed by atoms with Crippen LogP contribution in [0.5, 0.6) is 0 Å². The van der Waals surface area contributed by atoms with Crippen LogP contribution in [-0.2, 0) is 16.4 Å². The smallest absolute Gasteiger partial charge is 0.241 e. The van der Waals surface area contributed by atoms with E-state index < -0.39 is 10.0 Å². The Morgan fingerprint density at radius 3 is 2.60 bits per heavy atom. The van der Waals surface area contributed by atoms with Gasteiger partial charge < -0.3 is 4.42 Å². The standard InChI is InChI=1S/C18H16ClNO4S/c1-3-14-17(12-6-4-5-7-15(12)24-14)18(21)11-8-9-13(19)16(10-11)25(22,23)20-2/h4-10,20H,3H2,1-2H3. The van der Waals surface area contributed by atoms with Crippen molar-refractivity contribution in [2.24, 2.45) is 0 Å². The quantitative estimate of drug-likeness (QED) is 0.686. The number of nitrogens with one attached hydrogen (secondary N) is 1. The molecule has 0 aliphatic carbocycles. The van der Waals surface area contributed by atoms with Gasteiger partial charge in [0.05, 0.1) is 10.6 Å². The van der Waals surface area contributed by atoms with Gasteiger partial charge in [-0.3, -0.25) is 4.79 Å². The minimum atomic E-state index is -3.77. The van der Waals surface area contributed by atoms with Crippen molar-refractivity contribution in [3.63, 3.8) is 0 Å². The first-order chi connectivity index (χ1) is 11.9. The summed E-state index contributed by atoms with van der Waals surface area (Å²) in [6, 6.07) is 11.5. The van der Waals surface area contributed by atoms with E-state index >= 15 is 0 Å². The van der Waals surface area contributed by atoms with Crippen molar-refractivity contribution in [3.8, 4) is 0 Å². The van der Waals surface area contributed by atoms with Crippen LogP contribution in [-0.4, -0.2) is 21.2 Å². The molecule has 0 unspecified atom stereocenters. The lowest BCUT2D eigenvalue weighted by Gasteiger charge is -2.08. The van der Waals surface area contributed by atoms with E-state index in [-0.39, 0.29) is 21.3 Å². The van der Waals surface area contributed by atoms with Crippen LogP contribution in [0.3, 0.4) is 0 Å². The highest BCUT2D eigenvalue weighted by Crippen LogP contribution is 2.30. The topological polar surface area (TPSA) is 76.4 Å². The normalized spacial score (nSPS) is 11.8. The van der Waals surface area contributed by atoms with Crippen LogP contribution >= 0.6 is 11.6 Å². The van der Waals surface area contributed by atoms with Crippen LogP contribution in [0.25, 0.3) is 11.0 Å². The molecule has 0 radical (unpaired) electrons. The molecule has 0 amide bonds. The molecule has 0 fully saturated rings. The fraction of sp³-hybridized carbons (Fsp3) is 0.167. The number of halogens is 1. The van der Waals surface area contributed by atoms with E-state index in [0.717, 1.165) is 0 Å². The lowest BCUT2D eigenvalue weighted by Crippen LogP contribution is -2.19. The van der Waals surface area contributed by atoms with Crippen LogP contribution in [0.4, 0.5) is 0 Å². The zero-order valence-corrected chi connectivity index (χ0v) is 15.2. The monoisotopic (exact) mass is 377 g/mol. The van der Waals surface area contributed by atoms with Gasteiger partial charge in [-0.2, -0.15) is 0 Å². The fourth-order valence-electron chi connectivity index (χ4n) is 2.70. The summed E-state index contributed by atoms with van der Waals surface area (Å²) in [7, 11) is -2.48. The number of ketones is 1. The highest BCUT2D eigenvalue weighted by atomic mass is 35.5. The molecule has 5 nitrogen and oxygen atoms in total. The van der Waals surface area contributed by atoms with Gasteiger partial charge in [-0.25, -0.2) is 13.1 Å². The minimum absolute atomic E-state index is 0.0543. The van der Waals surface area contributed by atoms with Gasteiger partial charge >= 0.3 is 0 Å². The van der Waals surface area contributed by atoms with E-state index in [4.69, 9.17) is 16.0 Å².